The van der Waals surface area contributed by atoms with Crippen LogP contribution in [0.25, 0.3) is 0 Å². The fourth-order valence-corrected chi connectivity index (χ4v) is 4.91. The van der Waals surface area contributed by atoms with Crippen LogP contribution < -0.4 is 0 Å². The molecule has 1 unspecified atom stereocenters. The molecule has 0 aromatic carbocycles. The van der Waals surface area contributed by atoms with Gasteiger partial charge in [0.05, 0.1) is 16.8 Å². The third-order valence-electron chi connectivity index (χ3n) is 4.44. The Labute approximate surface area is 144 Å². The minimum atomic E-state index is -0.399. The lowest BCUT2D eigenvalue weighted by molar-refractivity contribution is 0.0476. The van der Waals surface area contributed by atoms with Crippen LogP contribution in [0, 0.1) is 12.8 Å². The molecule has 1 saturated heterocycles. The van der Waals surface area contributed by atoms with Gasteiger partial charge in [-0.05, 0) is 43.6 Å². The van der Waals surface area contributed by atoms with E-state index in [2.05, 4.69) is 4.98 Å². The van der Waals surface area contributed by atoms with Crippen LogP contribution in [0.3, 0.4) is 0 Å². The number of carbonyl (C=O) groups is 1. The molecule has 1 N–H and O–H groups in total. The van der Waals surface area contributed by atoms with Gasteiger partial charge >= 0.3 is 0 Å². The number of piperidine rings is 1. The fourth-order valence-electron chi connectivity index (χ4n) is 3.13. The van der Waals surface area contributed by atoms with Crippen molar-refractivity contribution in [2.24, 2.45) is 5.92 Å². The van der Waals surface area contributed by atoms with Gasteiger partial charge in [-0.1, -0.05) is 13.0 Å². The molecule has 1 fully saturated rings. The second kappa shape index (κ2) is 7.11. The Morgan fingerprint density at radius 2 is 2.22 bits per heavy atom. The number of hydrogen-bond acceptors (Lipinski definition) is 5. The van der Waals surface area contributed by atoms with Gasteiger partial charge in [0, 0.05) is 18.0 Å². The van der Waals surface area contributed by atoms with Crippen LogP contribution in [0.1, 0.15) is 51.1 Å². The molecule has 2 aromatic heterocycles. The Balaban J connectivity index is 1.63. The lowest BCUT2D eigenvalue weighted by Gasteiger charge is -2.33. The molecule has 3 rings (SSSR count). The third kappa shape index (κ3) is 3.49. The summed E-state index contributed by atoms with van der Waals surface area (Å²) in [5.41, 5.74) is 0.915. The zero-order valence-electron chi connectivity index (χ0n) is 13.5. The zero-order chi connectivity index (χ0) is 16.4. The minimum absolute atomic E-state index is 0.108. The quantitative estimate of drug-likeness (QED) is 0.915. The summed E-state index contributed by atoms with van der Waals surface area (Å²) in [4.78, 5) is 20.9. The van der Waals surface area contributed by atoms with E-state index in [9.17, 15) is 9.90 Å². The SMILES string of the molecule is CCc1nc(C)sc1C(=O)N1CCC(C(O)c2cccs2)CC1. The molecule has 0 aliphatic carbocycles. The molecule has 6 heteroatoms. The summed E-state index contributed by atoms with van der Waals surface area (Å²) in [6.45, 7) is 5.41. The normalized spacial score (nSPS) is 17.4. The summed E-state index contributed by atoms with van der Waals surface area (Å²) in [5, 5.41) is 13.4. The van der Waals surface area contributed by atoms with Crippen LogP contribution in [-0.2, 0) is 6.42 Å². The summed E-state index contributed by atoms with van der Waals surface area (Å²) in [6, 6.07) is 3.96. The standard InChI is InChI=1S/C17H22N2O2S2/c1-3-13-16(23-11(2)18-13)17(21)19-8-6-12(7-9-19)15(20)14-5-4-10-22-14/h4-5,10,12,15,20H,3,6-9H2,1-2H3. The summed E-state index contributed by atoms with van der Waals surface area (Å²) in [5.74, 6) is 0.350. The van der Waals surface area contributed by atoms with Gasteiger partial charge in [-0.15, -0.1) is 22.7 Å². The third-order valence-corrected chi connectivity index (χ3v) is 6.39. The highest BCUT2D eigenvalue weighted by molar-refractivity contribution is 7.13. The van der Waals surface area contributed by atoms with Crippen molar-refractivity contribution in [3.63, 3.8) is 0 Å². The highest BCUT2D eigenvalue weighted by Crippen LogP contribution is 2.33. The van der Waals surface area contributed by atoms with Gasteiger partial charge in [-0.3, -0.25) is 4.79 Å². The summed E-state index contributed by atoms with van der Waals surface area (Å²) in [7, 11) is 0. The van der Waals surface area contributed by atoms with Gasteiger partial charge in [0.2, 0.25) is 0 Å². The first-order chi connectivity index (χ1) is 11.1. The van der Waals surface area contributed by atoms with Crippen molar-refractivity contribution in [2.45, 2.75) is 39.2 Å². The number of rotatable bonds is 4. The van der Waals surface area contributed by atoms with E-state index < -0.39 is 6.10 Å². The lowest BCUT2D eigenvalue weighted by Crippen LogP contribution is -2.39. The number of likely N-dealkylation sites (tertiary alicyclic amines) is 1. The number of nitrogens with zero attached hydrogens (tertiary/aromatic N) is 2. The monoisotopic (exact) mass is 350 g/mol. The first kappa shape index (κ1) is 16.6. The van der Waals surface area contributed by atoms with E-state index in [1.807, 2.05) is 36.3 Å². The largest absolute Gasteiger partial charge is 0.387 e. The molecule has 0 bridgehead atoms. The van der Waals surface area contributed by atoms with Gasteiger partial charge in [0.25, 0.3) is 5.91 Å². The van der Waals surface area contributed by atoms with Crippen molar-refractivity contribution in [3.8, 4) is 0 Å². The Kier molecular flexibility index (Phi) is 5.14. The fraction of sp³-hybridized carbons (Fsp3) is 0.529. The van der Waals surface area contributed by atoms with Crippen LogP contribution in [-0.4, -0.2) is 34.0 Å². The molecule has 0 radical (unpaired) electrons. The molecule has 23 heavy (non-hydrogen) atoms. The van der Waals surface area contributed by atoms with Gasteiger partial charge in [0.1, 0.15) is 4.88 Å². The Hall–Kier alpha value is -1.24. The molecular weight excluding hydrogens is 328 g/mol. The number of carbonyl (C=O) groups excluding carboxylic acids is 1. The molecule has 1 atom stereocenters. The molecule has 4 nitrogen and oxygen atoms in total. The molecule has 1 amide bonds. The molecule has 1 aliphatic rings. The van der Waals surface area contributed by atoms with Gasteiger partial charge < -0.3 is 10.0 Å². The van der Waals surface area contributed by atoms with Crippen molar-refractivity contribution in [2.75, 3.05) is 13.1 Å². The number of aryl methyl sites for hydroxylation is 2. The summed E-state index contributed by atoms with van der Waals surface area (Å²) >= 11 is 3.09. The predicted molar refractivity (Wildman–Crippen MR) is 94.1 cm³/mol. The van der Waals surface area contributed by atoms with Crippen molar-refractivity contribution in [1.29, 1.82) is 0 Å². The number of thiophene rings is 1. The van der Waals surface area contributed by atoms with E-state index in [0.29, 0.717) is 13.1 Å². The average molecular weight is 351 g/mol. The molecule has 0 spiro atoms. The number of aliphatic hydroxyl groups excluding tert-OH is 1. The van der Waals surface area contributed by atoms with E-state index in [1.165, 1.54) is 11.3 Å². The topological polar surface area (TPSA) is 53.4 Å². The van der Waals surface area contributed by atoms with Crippen molar-refractivity contribution >= 4 is 28.6 Å². The minimum Gasteiger partial charge on any atom is -0.387 e. The molecule has 1 aliphatic heterocycles. The number of amides is 1. The highest BCUT2D eigenvalue weighted by Gasteiger charge is 2.30. The van der Waals surface area contributed by atoms with Crippen LogP contribution in [0.4, 0.5) is 0 Å². The van der Waals surface area contributed by atoms with Crippen molar-refractivity contribution < 1.29 is 9.90 Å². The van der Waals surface area contributed by atoms with Crippen molar-refractivity contribution in [1.82, 2.24) is 9.88 Å². The van der Waals surface area contributed by atoms with Crippen molar-refractivity contribution in [3.05, 3.63) is 38.0 Å². The second-order valence-corrected chi connectivity index (χ2v) is 8.13. The predicted octanol–water partition coefficient (Wildman–Crippen LogP) is 3.66. The summed E-state index contributed by atoms with van der Waals surface area (Å²) in [6.07, 6.45) is 2.09. The molecular formula is C17H22N2O2S2. The zero-order valence-corrected chi connectivity index (χ0v) is 15.1. The van der Waals surface area contributed by atoms with E-state index in [1.54, 1.807) is 11.3 Å². The van der Waals surface area contributed by atoms with Crippen LogP contribution in [0.2, 0.25) is 0 Å². The Morgan fingerprint density at radius 1 is 1.48 bits per heavy atom. The number of aromatic nitrogens is 1. The van der Waals surface area contributed by atoms with Gasteiger partial charge in [-0.25, -0.2) is 4.98 Å². The Morgan fingerprint density at radius 3 is 2.83 bits per heavy atom. The maximum atomic E-state index is 12.7. The molecule has 0 saturated carbocycles. The van der Waals surface area contributed by atoms with Gasteiger partial charge in [-0.2, -0.15) is 0 Å². The summed E-state index contributed by atoms with van der Waals surface area (Å²) < 4.78 is 0. The number of aliphatic hydroxyl groups is 1. The Bertz CT molecular complexity index is 658. The van der Waals surface area contributed by atoms with Crippen LogP contribution in [0.5, 0.6) is 0 Å². The average Bonchev–Trinajstić information content (AvgIpc) is 3.23. The highest BCUT2D eigenvalue weighted by atomic mass is 32.1. The van der Waals surface area contributed by atoms with E-state index in [0.717, 1.165) is 39.7 Å². The second-order valence-electron chi connectivity index (χ2n) is 5.95. The smallest absolute Gasteiger partial charge is 0.265 e. The maximum absolute atomic E-state index is 12.7. The maximum Gasteiger partial charge on any atom is 0.265 e. The molecule has 3 heterocycles. The van der Waals surface area contributed by atoms with Crippen LogP contribution >= 0.6 is 22.7 Å². The van der Waals surface area contributed by atoms with E-state index in [4.69, 9.17) is 0 Å². The first-order valence-corrected chi connectivity index (χ1v) is 9.76. The van der Waals surface area contributed by atoms with Gasteiger partial charge in [0.15, 0.2) is 0 Å². The van der Waals surface area contributed by atoms with Crippen LogP contribution in [0.15, 0.2) is 17.5 Å². The molecule has 2 aromatic rings. The van der Waals surface area contributed by atoms with E-state index in [-0.39, 0.29) is 11.8 Å². The first-order valence-electron chi connectivity index (χ1n) is 8.07. The number of hydrogen-bond donors (Lipinski definition) is 1. The number of thiazole rings is 1. The lowest BCUT2D eigenvalue weighted by atomic mass is 9.90. The molecule has 124 valence electrons. The van der Waals surface area contributed by atoms with E-state index >= 15 is 0 Å².